The van der Waals surface area contributed by atoms with Crippen molar-refractivity contribution in [3.8, 4) is 5.75 Å². The van der Waals surface area contributed by atoms with Crippen LogP contribution in [0.2, 0.25) is 0 Å². The predicted octanol–water partition coefficient (Wildman–Crippen LogP) is 2.48. The molecule has 2 unspecified atom stereocenters. The fraction of sp³-hybridized carbons (Fsp3) is 0.400. The van der Waals surface area contributed by atoms with Gasteiger partial charge in [-0.2, -0.15) is 5.10 Å². The van der Waals surface area contributed by atoms with Gasteiger partial charge in [0.25, 0.3) is 0 Å². The summed E-state index contributed by atoms with van der Waals surface area (Å²) < 4.78 is 7.89. The van der Waals surface area contributed by atoms with Gasteiger partial charge in [-0.15, -0.1) is 0 Å². The van der Waals surface area contributed by atoms with Crippen LogP contribution in [-0.4, -0.2) is 22.9 Å². The lowest BCUT2D eigenvalue weighted by molar-refractivity contribution is 0.171. The molecule has 2 atom stereocenters. The van der Waals surface area contributed by atoms with E-state index in [0.717, 1.165) is 12.3 Å². The molecular formula is C15H19N3O. The van der Waals surface area contributed by atoms with Crippen molar-refractivity contribution in [1.82, 2.24) is 15.1 Å². The topological polar surface area (TPSA) is 39.1 Å². The first-order chi connectivity index (χ1) is 9.29. The van der Waals surface area contributed by atoms with Crippen molar-refractivity contribution in [1.29, 1.82) is 0 Å². The first-order valence-electron chi connectivity index (χ1n) is 6.75. The number of likely N-dealkylation sites (N-methyl/N-ethyl adjacent to an activating group) is 1. The van der Waals surface area contributed by atoms with Gasteiger partial charge in [-0.3, -0.25) is 4.68 Å². The number of aryl methyl sites for hydroxylation is 1. The zero-order valence-electron chi connectivity index (χ0n) is 11.3. The van der Waals surface area contributed by atoms with Crippen LogP contribution in [0.25, 0.3) is 0 Å². The molecule has 0 fully saturated rings. The smallest absolute Gasteiger partial charge is 0.124 e. The molecule has 1 aromatic carbocycles. The highest BCUT2D eigenvalue weighted by Crippen LogP contribution is 2.37. The number of ether oxygens (including phenoxy) is 1. The minimum absolute atomic E-state index is 0.198. The van der Waals surface area contributed by atoms with Crippen molar-refractivity contribution in [2.45, 2.75) is 25.9 Å². The van der Waals surface area contributed by atoms with E-state index < -0.39 is 0 Å². The molecule has 0 aliphatic carbocycles. The second-order valence-corrected chi connectivity index (χ2v) is 4.95. The van der Waals surface area contributed by atoms with Gasteiger partial charge in [0.05, 0.1) is 12.2 Å². The summed E-state index contributed by atoms with van der Waals surface area (Å²) in [4.78, 5) is 0. The predicted molar refractivity (Wildman–Crippen MR) is 74.4 cm³/mol. The number of hydrogen-bond donors (Lipinski definition) is 1. The van der Waals surface area contributed by atoms with Crippen LogP contribution in [0.3, 0.4) is 0 Å². The van der Waals surface area contributed by atoms with Crippen LogP contribution in [0.4, 0.5) is 0 Å². The first kappa shape index (κ1) is 12.2. The molecule has 1 aromatic heterocycles. The molecule has 1 aliphatic heterocycles. The van der Waals surface area contributed by atoms with Crippen molar-refractivity contribution >= 4 is 0 Å². The third-order valence-corrected chi connectivity index (χ3v) is 3.54. The van der Waals surface area contributed by atoms with E-state index in [1.165, 1.54) is 11.1 Å². The molecule has 0 spiro atoms. The SMILES string of the molecule is CCNC1c2ccccc2OCC1n1cc(C)cn1. The molecule has 2 aromatic rings. The van der Waals surface area contributed by atoms with Crippen molar-refractivity contribution in [3.63, 3.8) is 0 Å². The average Bonchev–Trinajstić information content (AvgIpc) is 2.86. The molecule has 0 bridgehead atoms. The normalized spacial score (nSPS) is 21.8. The van der Waals surface area contributed by atoms with E-state index in [1.54, 1.807) is 0 Å². The van der Waals surface area contributed by atoms with Gasteiger partial charge in [0.15, 0.2) is 0 Å². The highest BCUT2D eigenvalue weighted by Gasteiger charge is 2.31. The maximum Gasteiger partial charge on any atom is 0.124 e. The lowest BCUT2D eigenvalue weighted by Crippen LogP contribution is -2.37. The third kappa shape index (κ3) is 2.24. The Kier molecular flexibility index (Phi) is 3.25. The molecule has 0 amide bonds. The Balaban J connectivity index is 1.98. The molecule has 4 heteroatoms. The zero-order valence-corrected chi connectivity index (χ0v) is 11.3. The van der Waals surface area contributed by atoms with Crippen LogP contribution < -0.4 is 10.1 Å². The van der Waals surface area contributed by atoms with E-state index in [9.17, 15) is 0 Å². The number of aromatic nitrogens is 2. The quantitative estimate of drug-likeness (QED) is 0.918. The van der Waals surface area contributed by atoms with Crippen molar-refractivity contribution < 1.29 is 4.74 Å². The first-order valence-corrected chi connectivity index (χ1v) is 6.75. The molecule has 100 valence electrons. The summed E-state index contributed by atoms with van der Waals surface area (Å²) in [6.07, 6.45) is 3.97. The maximum absolute atomic E-state index is 5.88. The Labute approximate surface area is 113 Å². The summed E-state index contributed by atoms with van der Waals surface area (Å²) >= 11 is 0. The van der Waals surface area contributed by atoms with Gasteiger partial charge >= 0.3 is 0 Å². The monoisotopic (exact) mass is 257 g/mol. The number of hydrogen-bond acceptors (Lipinski definition) is 3. The summed E-state index contributed by atoms with van der Waals surface area (Å²) in [7, 11) is 0. The van der Waals surface area contributed by atoms with Crippen molar-refractivity contribution in [3.05, 3.63) is 47.8 Å². The Morgan fingerprint density at radius 3 is 3.00 bits per heavy atom. The molecule has 3 rings (SSSR count). The summed E-state index contributed by atoms with van der Waals surface area (Å²) in [6.45, 7) is 5.76. The van der Waals surface area contributed by atoms with E-state index in [4.69, 9.17) is 4.74 Å². The summed E-state index contributed by atoms with van der Waals surface area (Å²) in [5.41, 5.74) is 2.39. The lowest BCUT2D eigenvalue weighted by atomic mass is 9.96. The molecule has 19 heavy (non-hydrogen) atoms. The minimum Gasteiger partial charge on any atom is -0.491 e. The average molecular weight is 257 g/mol. The van der Waals surface area contributed by atoms with Gasteiger partial charge in [-0.05, 0) is 25.1 Å². The van der Waals surface area contributed by atoms with Gasteiger partial charge in [0.1, 0.15) is 18.4 Å². The largest absolute Gasteiger partial charge is 0.491 e. The van der Waals surface area contributed by atoms with Crippen LogP contribution in [0, 0.1) is 6.92 Å². The van der Waals surface area contributed by atoms with Crippen LogP contribution >= 0.6 is 0 Å². The van der Waals surface area contributed by atoms with Crippen LogP contribution in [0.5, 0.6) is 5.75 Å². The number of benzene rings is 1. The molecule has 1 aliphatic rings. The highest BCUT2D eigenvalue weighted by molar-refractivity contribution is 5.38. The van der Waals surface area contributed by atoms with E-state index in [1.807, 2.05) is 23.0 Å². The molecule has 4 nitrogen and oxygen atoms in total. The Morgan fingerprint density at radius 2 is 2.26 bits per heavy atom. The van der Waals surface area contributed by atoms with Gasteiger partial charge in [0, 0.05) is 11.8 Å². The Morgan fingerprint density at radius 1 is 1.42 bits per heavy atom. The number of nitrogens with one attached hydrogen (secondary N) is 1. The molecule has 0 saturated carbocycles. The van der Waals surface area contributed by atoms with E-state index in [2.05, 4.69) is 42.6 Å². The second kappa shape index (κ2) is 5.05. The zero-order chi connectivity index (χ0) is 13.2. The van der Waals surface area contributed by atoms with E-state index in [0.29, 0.717) is 6.61 Å². The fourth-order valence-corrected chi connectivity index (χ4v) is 2.66. The number of fused-ring (bicyclic) bond motifs is 1. The van der Waals surface area contributed by atoms with E-state index in [-0.39, 0.29) is 12.1 Å². The fourth-order valence-electron chi connectivity index (χ4n) is 2.66. The Bertz CT molecular complexity index is 564. The molecular weight excluding hydrogens is 238 g/mol. The van der Waals surface area contributed by atoms with Gasteiger partial charge in [0.2, 0.25) is 0 Å². The van der Waals surface area contributed by atoms with Crippen molar-refractivity contribution in [2.24, 2.45) is 0 Å². The van der Waals surface area contributed by atoms with E-state index >= 15 is 0 Å². The molecule has 1 N–H and O–H groups in total. The summed E-state index contributed by atoms with van der Waals surface area (Å²) in [6, 6.07) is 8.68. The van der Waals surface area contributed by atoms with Gasteiger partial charge in [-0.25, -0.2) is 0 Å². The lowest BCUT2D eigenvalue weighted by Gasteiger charge is -2.34. The molecule has 0 saturated heterocycles. The Hall–Kier alpha value is -1.81. The number of nitrogens with zero attached hydrogens (tertiary/aromatic N) is 2. The standard InChI is InChI=1S/C15H19N3O/c1-3-16-15-12-6-4-5-7-14(12)19-10-13(15)18-9-11(2)8-17-18/h4-9,13,15-16H,3,10H2,1-2H3. The summed E-state index contributed by atoms with van der Waals surface area (Å²) in [5.74, 6) is 0.980. The molecule has 0 radical (unpaired) electrons. The minimum atomic E-state index is 0.198. The summed E-state index contributed by atoms with van der Waals surface area (Å²) in [5, 5.41) is 8.00. The van der Waals surface area contributed by atoms with Gasteiger partial charge < -0.3 is 10.1 Å². The number of para-hydroxylation sites is 1. The molecule has 2 heterocycles. The number of rotatable bonds is 3. The van der Waals surface area contributed by atoms with Crippen molar-refractivity contribution in [2.75, 3.05) is 13.2 Å². The van der Waals surface area contributed by atoms with Gasteiger partial charge in [-0.1, -0.05) is 25.1 Å². The van der Waals surface area contributed by atoms with Crippen LogP contribution in [0.15, 0.2) is 36.7 Å². The third-order valence-electron chi connectivity index (χ3n) is 3.54. The second-order valence-electron chi connectivity index (χ2n) is 4.95. The van der Waals surface area contributed by atoms with Crippen LogP contribution in [-0.2, 0) is 0 Å². The highest BCUT2D eigenvalue weighted by atomic mass is 16.5. The maximum atomic E-state index is 5.88. The van der Waals surface area contributed by atoms with Crippen LogP contribution in [0.1, 0.15) is 30.1 Å².